The Bertz CT molecular complexity index is 2650. The number of ether oxygens (including phenoxy) is 1. The van der Waals surface area contributed by atoms with E-state index in [-0.39, 0.29) is 76.5 Å². The lowest BCUT2D eigenvalue weighted by atomic mass is 10.1. The lowest BCUT2D eigenvalue weighted by Crippen LogP contribution is -2.45. The van der Waals surface area contributed by atoms with E-state index in [1.54, 1.807) is 86.6 Å². The normalized spacial score (nSPS) is 13.6. The fraction of sp³-hybridized carbons (Fsp3) is 0.311. The molecule has 0 saturated carbocycles. The second-order valence-electron chi connectivity index (χ2n) is 15.4. The minimum atomic E-state index is -3.48. The summed E-state index contributed by atoms with van der Waals surface area (Å²) in [7, 11) is -2.27. The number of anilines is 2. The lowest BCUT2D eigenvalue weighted by molar-refractivity contribution is -0.142. The maximum absolute atomic E-state index is 13.1. The van der Waals surface area contributed by atoms with Gasteiger partial charge in [0.15, 0.2) is 0 Å². The van der Waals surface area contributed by atoms with Crippen LogP contribution in [0.2, 0.25) is 15.1 Å². The number of sulfonamides is 1. The van der Waals surface area contributed by atoms with Gasteiger partial charge in [0.1, 0.15) is 46.1 Å². The highest BCUT2D eigenvalue weighted by Gasteiger charge is 2.36. The molecule has 2 aliphatic rings. The van der Waals surface area contributed by atoms with Crippen molar-refractivity contribution in [2.24, 2.45) is 0 Å². The van der Waals surface area contributed by atoms with Gasteiger partial charge in [-0.2, -0.15) is 0 Å². The average molecular weight is 985 g/mol. The third-order valence-corrected chi connectivity index (χ3v) is 12.3. The zero-order valence-corrected chi connectivity index (χ0v) is 39.8. The summed E-state index contributed by atoms with van der Waals surface area (Å²) in [6.45, 7) is 3.98. The van der Waals surface area contributed by atoms with Crippen LogP contribution >= 0.6 is 34.8 Å². The number of methoxy groups -OCH3 is 1. The predicted octanol–water partition coefficient (Wildman–Crippen LogP) is 4.53. The molecule has 6 rings (SSSR count). The van der Waals surface area contributed by atoms with Crippen molar-refractivity contribution >= 4 is 97.6 Å². The van der Waals surface area contributed by atoms with Gasteiger partial charge in [0.25, 0.3) is 11.8 Å². The van der Waals surface area contributed by atoms with Gasteiger partial charge in [-0.05, 0) is 86.5 Å². The van der Waals surface area contributed by atoms with E-state index in [1.807, 2.05) is 13.0 Å². The zero-order valence-electron chi connectivity index (χ0n) is 36.8. The van der Waals surface area contributed by atoms with Crippen LogP contribution in [0.1, 0.15) is 37.4 Å². The summed E-state index contributed by atoms with van der Waals surface area (Å²) >= 11 is 18.3. The molecule has 0 radical (unpaired) electrons. The number of halogens is 3. The molecule has 21 heteroatoms. The van der Waals surface area contributed by atoms with E-state index in [4.69, 9.17) is 34.8 Å². The fourth-order valence-corrected chi connectivity index (χ4v) is 7.95. The maximum Gasteiger partial charge on any atom is 0.325 e. The first-order chi connectivity index (χ1) is 31.2. The van der Waals surface area contributed by atoms with Gasteiger partial charge in [0, 0.05) is 50.7 Å². The van der Waals surface area contributed by atoms with Crippen molar-refractivity contribution in [3.05, 3.63) is 128 Å². The van der Waals surface area contributed by atoms with Crippen molar-refractivity contribution < 1.29 is 46.7 Å². The van der Waals surface area contributed by atoms with E-state index in [0.717, 1.165) is 27.8 Å². The number of hydrogen-bond acceptors (Lipinski definition) is 10. The SMILES string of the molecule is COC(=O)CN(CC(=O)N1CC(=O)N(c2cccc(Cl)c2C)C1)C(=O)c1cccc(C)c1.Cc1c(Cl)cccc1N1CN(C(=O)CN(CCNS(C)(=O)=O)C(=O)c2cccc(Cl)c2)CC1=O. The number of rotatable bonds is 14. The van der Waals surface area contributed by atoms with Gasteiger partial charge >= 0.3 is 5.97 Å². The molecule has 1 N–H and O–H groups in total. The van der Waals surface area contributed by atoms with Crippen LogP contribution in [0.25, 0.3) is 0 Å². The molecule has 66 heavy (non-hydrogen) atoms. The molecule has 4 aromatic carbocycles. The Morgan fingerprint density at radius 1 is 0.667 bits per heavy atom. The second kappa shape index (κ2) is 22.4. The molecule has 6 amide bonds. The average Bonchev–Trinajstić information content (AvgIpc) is 3.86. The molecule has 0 aromatic heterocycles. The van der Waals surface area contributed by atoms with Gasteiger partial charge in [-0.15, -0.1) is 0 Å². The molecule has 2 fully saturated rings. The van der Waals surface area contributed by atoms with Crippen LogP contribution in [-0.2, 0) is 38.7 Å². The van der Waals surface area contributed by atoms with E-state index >= 15 is 0 Å². The number of benzene rings is 4. The molecule has 0 atom stereocenters. The third kappa shape index (κ3) is 13.3. The molecule has 0 spiro atoms. The molecular formula is C45H48Cl3N7O10S. The summed E-state index contributed by atoms with van der Waals surface area (Å²) in [6.07, 6.45) is 1.00. The summed E-state index contributed by atoms with van der Waals surface area (Å²) < 4.78 is 29.8. The van der Waals surface area contributed by atoms with Gasteiger partial charge in [0.2, 0.25) is 33.7 Å². The van der Waals surface area contributed by atoms with Crippen LogP contribution in [0.15, 0.2) is 84.9 Å². The summed E-state index contributed by atoms with van der Waals surface area (Å²) in [6, 6.07) is 23.5. The van der Waals surface area contributed by atoms with Crippen molar-refractivity contribution in [3.8, 4) is 0 Å². The molecule has 0 unspecified atom stereocenters. The van der Waals surface area contributed by atoms with Crippen molar-refractivity contribution in [1.29, 1.82) is 0 Å². The van der Waals surface area contributed by atoms with Crippen LogP contribution in [-0.4, -0.2) is 142 Å². The molecule has 2 saturated heterocycles. The van der Waals surface area contributed by atoms with E-state index in [2.05, 4.69) is 9.46 Å². The highest BCUT2D eigenvalue weighted by Crippen LogP contribution is 2.30. The highest BCUT2D eigenvalue weighted by molar-refractivity contribution is 7.88. The van der Waals surface area contributed by atoms with Crippen molar-refractivity contribution in [2.45, 2.75) is 20.8 Å². The fourth-order valence-electron chi connectivity index (χ4n) is 6.96. The summed E-state index contributed by atoms with van der Waals surface area (Å²) in [5.41, 5.74) is 4.17. The molecule has 17 nitrogen and oxygen atoms in total. The van der Waals surface area contributed by atoms with Crippen LogP contribution in [0.3, 0.4) is 0 Å². The Kier molecular flexibility index (Phi) is 17.3. The number of carbonyl (C=O) groups excluding carboxylic acids is 7. The molecule has 2 aliphatic heterocycles. The quantitative estimate of drug-likeness (QED) is 0.176. The van der Waals surface area contributed by atoms with E-state index < -0.39 is 39.6 Å². The monoisotopic (exact) mass is 983 g/mol. The molecule has 0 bridgehead atoms. The van der Waals surface area contributed by atoms with Gasteiger partial charge < -0.3 is 24.3 Å². The van der Waals surface area contributed by atoms with Crippen molar-refractivity contribution in [2.75, 3.05) is 82.3 Å². The predicted molar refractivity (Wildman–Crippen MR) is 250 cm³/mol. The van der Waals surface area contributed by atoms with Gasteiger partial charge in [-0.1, -0.05) is 70.7 Å². The Hall–Kier alpha value is -6.05. The first kappa shape index (κ1) is 50.9. The van der Waals surface area contributed by atoms with Crippen LogP contribution in [0, 0.1) is 20.8 Å². The molecular weight excluding hydrogens is 937 g/mol. The standard InChI is InChI=1S/C23H24ClN3O5.C22H24Cl2N4O5S/c1-15-6-4-7-17(10-15)23(31)25(13-22(30)32-3)11-20(28)26-12-21(29)27(14-26)19-9-5-8-18(24)16(19)2;1-15-18(24)7-4-8-19(15)28-14-27(13-21(28)30)20(29)12-26(10-9-25-34(2,32)33)22(31)16-5-3-6-17(23)11-16/h4-10H,11-14H2,1-3H3;3-8,11,25H,9-10,12-14H2,1-2H3. The van der Waals surface area contributed by atoms with E-state index in [0.29, 0.717) is 32.0 Å². The number of nitrogens with zero attached hydrogens (tertiary/aromatic N) is 6. The minimum Gasteiger partial charge on any atom is -0.468 e. The number of nitrogens with one attached hydrogen (secondary N) is 1. The number of hydrogen-bond donors (Lipinski definition) is 1. The molecule has 2 heterocycles. The molecule has 350 valence electrons. The van der Waals surface area contributed by atoms with Crippen molar-refractivity contribution in [3.63, 3.8) is 0 Å². The molecule has 0 aliphatic carbocycles. The lowest BCUT2D eigenvalue weighted by Gasteiger charge is -2.25. The number of aryl methyl sites for hydroxylation is 1. The van der Waals surface area contributed by atoms with Crippen LogP contribution in [0.4, 0.5) is 11.4 Å². The topological polar surface area (TPSA) is 194 Å². The zero-order chi connectivity index (χ0) is 48.5. The number of carbonyl (C=O) groups is 7. The Labute approximate surface area is 397 Å². The van der Waals surface area contributed by atoms with Crippen LogP contribution < -0.4 is 14.5 Å². The Morgan fingerprint density at radius 2 is 1.14 bits per heavy atom. The van der Waals surface area contributed by atoms with Crippen molar-refractivity contribution in [1.82, 2.24) is 24.3 Å². The summed E-state index contributed by atoms with van der Waals surface area (Å²) in [5, 5.41) is 1.38. The molecule has 4 aromatic rings. The summed E-state index contributed by atoms with van der Waals surface area (Å²) in [5.74, 6) is -3.04. The first-order valence-electron chi connectivity index (χ1n) is 20.3. The Balaban J connectivity index is 0.000000248. The largest absolute Gasteiger partial charge is 0.468 e. The number of amides is 6. The minimum absolute atomic E-state index is 0.0135. The summed E-state index contributed by atoms with van der Waals surface area (Å²) in [4.78, 5) is 97.2. The van der Waals surface area contributed by atoms with Crippen LogP contribution in [0.5, 0.6) is 0 Å². The first-order valence-corrected chi connectivity index (χ1v) is 23.3. The second-order valence-corrected chi connectivity index (χ2v) is 18.5. The van der Waals surface area contributed by atoms with E-state index in [1.165, 1.54) is 37.7 Å². The third-order valence-electron chi connectivity index (χ3n) is 10.5. The Morgan fingerprint density at radius 3 is 1.62 bits per heavy atom. The van der Waals surface area contributed by atoms with Gasteiger partial charge in [-0.25, -0.2) is 13.1 Å². The smallest absolute Gasteiger partial charge is 0.325 e. The van der Waals surface area contributed by atoms with Gasteiger partial charge in [-0.3, -0.25) is 43.4 Å². The van der Waals surface area contributed by atoms with E-state index in [9.17, 15) is 42.0 Å². The maximum atomic E-state index is 13.1. The number of esters is 1. The van der Waals surface area contributed by atoms with Gasteiger partial charge in [0.05, 0.1) is 13.4 Å². The highest BCUT2D eigenvalue weighted by atomic mass is 35.5.